The summed E-state index contributed by atoms with van der Waals surface area (Å²) in [4.78, 5) is 15.6. The number of anilines is 2. The minimum absolute atomic E-state index is 0.342. The zero-order chi connectivity index (χ0) is 14.8. The van der Waals surface area contributed by atoms with Crippen molar-refractivity contribution in [3.05, 3.63) is 42.5 Å². The van der Waals surface area contributed by atoms with Crippen molar-refractivity contribution in [1.82, 2.24) is 9.55 Å². The molecule has 0 radical (unpaired) electrons. The van der Waals surface area contributed by atoms with Gasteiger partial charge >= 0.3 is 6.03 Å². The fourth-order valence-corrected chi connectivity index (χ4v) is 2.25. The highest BCUT2D eigenvalue weighted by Crippen LogP contribution is 2.20. The lowest BCUT2D eigenvalue weighted by molar-refractivity contribution is 0.253. The van der Waals surface area contributed by atoms with Gasteiger partial charge in [-0.2, -0.15) is 0 Å². The van der Waals surface area contributed by atoms with Crippen molar-refractivity contribution in [2.45, 2.75) is 6.92 Å². The van der Waals surface area contributed by atoms with Crippen LogP contribution >= 0.6 is 0 Å². The van der Waals surface area contributed by atoms with E-state index in [9.17, 15) is 13.2 Å². The van der Waals surface area contributed by atoms with E-state index in [0.29, 0.717) is 16.9 Å². The first kappa shape index (κ1) is 14.1. The van der Waals surface area contributed by atoms with Crippen molar-refractivity contribution in [3.8, 4) is 0 Å². The summed E-state index contributed by atoms with van der Waals surface area (Å²) >= 11 is 0. The molecule has 0 aliphatic rings. The molecule has 106 valence electrons. The van der Waals surface area contributed by atoms with Crippen molar-refractivity contribution >= 4 is 27.4 Å². The Morgan fingerprint density at radius 2 is 2.10 bits per heavy atom. The first-order chi connectivity index (χ1) is 9.35. The SMILES string of the molecule is Cc1cc(NC(=O)n2ccnc2)ccc1NS(C)(=O)=O. The van der Waals surface area contributed by atoms with Gasteiger partial charge in [-0.1, -0.05) is 0 Å². The molecule has 0 unspecified atom stereocenters. The average molecular weight is 294 g/mol. The average Bonchev–Trinajstić information content (AvgIpc) is 2.85. The first-order valence-corrected chi connectivity index (χ1v) is 7.62. The fourth-order valence-electron chi connectivity index (χ4n) is 1.62. The maximum absolute atomic E-state index is 11.8. The Morgan fingerprint density at radius 1 is 1.35 bits per heavy atom. The fraction of sp³-hybridized carbons (Fsp3) is 0.167. The lowest BCUT2D eigenvalue weighted by atomic mass is 10.2. The highest BCUT2D eigenvalue weighted by atomic mass is 32.2. The molecule has 7 nitrogen and oxygen atoms in total. The summed E-state index contributed by atoms with van der Waals surface area (Å²) in [5, 5.41) is 2.68. The van der Waals surface area contributed by atoms with Gasteiger partial charge in [-0.05, 0) is 30.7 Å². The number of nitrogens with one attached hydrogen (secondary N) is 2. The monoisotopic (exact) mass is 294 g/mol. The molecule has 0 aliphatic carbocycles. The molecule has 2 aromatic rings. The van der Waals surface area contributed by atoms with E-state index in [0.717, 1.165) is 6.26 Å². The van der Waals surface area contributed by atoms with Crippen LogP contribution in [-0.2, 0) is 10.0 Å². The topological polar surface area (TPSA) is 93.1 Å². The minimum Gasteiger partial charge on any atom is -0.307 e. The third kappa shape index (κ3) is 3.58. The Hall–Kier alpha value is -2.35. The molecule has 2 N–H and O–H groups in total. The van der Waals surface area contributed by atoms with Crippen LogP contribution in [0, 0.1) is 6.92 Å². The quantitative estimate of drug-likeness (QED) is 0.900. The van der Waals surface area contributed by atoms with Crippen LogP contribution in [0.5, 0.6) is 0 Å². The van der Waals surface area contributed by atoms with Crippen LogP contribution in [0.1, 0.15) is 5.56 Å². The maximum atomic E-state index is 11.8. The van der Waals surface area contributed by atoms with Gasteiger partial charge in [0, 0.05) is 18.1 Å². The van der Waals surface area contributed by atoms with E-state index in [-0.39, 0.29) is 6.03 Å². The number of rotatable bonds is 3. The number of hydrogen-bond donors (Lipinski definition) is 2. The van der Waals surface area contributed by atoms with Gasteiger partial charge in [-0.15, -0.1) is 0 Å². The summed E-state index contributed by atoms with van der Waals surface area (Å²) in [6.07, 6.45) is 5.51. The molecule has 8 heteroatoms. The number of imidazole rings is 1. The molecule has 20 heavy (non-hydrogen) atoms. The molecule has 1 aromatic carbocycles. The summed E-state index contributed by atoms with van der Waals surface area (Å²) < 4.78 is 26.1. The summed E-state index contributed by atoms with van der Waals surface area (Å²) in [6, 6.07) is 4.56. The van der Waals surface area contributed by atoms with Crippen LogP contribution in [0.25, 0.3) is 0 Å². The number of benzene rings is 1. The summed E-state index contributed by atoms with van der Waals surface area (Å²) in [5.41, 5.74) is 1.76. The molecule has 0 saturated heterocycles. The lowest BCUT2D eigenvalue weighted by Crippen LogP contribution is -2.18. The molecule has 1 amide bonds. The second-order valence-corrected chi connectivity index (χ2v) is 6.05. The summed E-state index contributed by atoms with van der Waals surface area (Å²) in [7, 11) is -3.32. The molecule has 0 aliphatic heterocycles. The summed E-state index contributed by atoms with van der Waals surface area (Å²) in [6.45, 7) is 1.75. The van der Waals surface area contributed by atoms with Gasteiger partial charge in [0.15, 0.2) is 0 Å². The minimum atomic E-state index is -3.32. The smallest absolute Gasteiger partial charge is 0.307 e. The Bertz CT molecular complexity index is 723. The number of hydrogen-bond acceptors (Lipinski definition) is 4. The number of aromatic nitrogens is 2. The van der Waals surface area contributed by atoms with Gasteiger partial charge in [-0.3, -0.25) is 9.29 Å². The van der Waals surface area contributed by atoms with Crippen LogP contribution < -0.4 is 10.0 Å². The van der Waals surface area contributed by atoms with Gasteiger partial charge in [0.1, 0.15) is 6.33 Å². The van der Waals surface area contributed by atoms with Crippen LogP contribution in [-0.4, -0.2) is 30.3 Å². The largest absolute Gasteiger partial charge is 0.331 e. The second kappa shape index (κ2) is 5.33. The maximum Gasteiger partial charge on any atom is 0.331 e. The second-order valence-electron chi connectivity index (χ2n) is 4.30. The lowest BCUT2D eigenvalue weighted by Gasteiger charge is -2.10. The van der Waals surface area contributed by atoms with Crippen molar-refractivity contribution in [1.29, 1.82) is 0 Å². The van der Waals surface area contributed by atoms with Gasteiger partial charge in [0.2, 0.25) is 10.0 Å². The van der Waals surface area contributed by atoms with E-state index in [4.69, 9.17) is 0 Å². The summed E-state index contributed by atoms with van der Waals surface area (Å²) in [5.74, 6) is 0. The number of amides is 1. The Morgan fingerprint density at radius 3 is 2.65 bits per heavy atom. The third-order valence-corrected chi connectivity index (χ3v) is 3.10. The van der Waals surface area contributed by atoms with Crippen LogP contribution in [0.2, 0.25) is 0 Å². The zero-order valence-corrected chi connectivity index (χ0v) is 11.8. The Balaban J connectivity index is 2.15. The van der Waals surface area contributed by atoms with Crippen molar-refractivity contribution in [2.24, 2.45) is 0 Å². The first-order valence-electron chi connectivity index (χ1n) is 5.73. The molecule has 2 rings (SSSR count). The molecule has 0 spiro atoms. The standard InChI is InChI=1S/C12H14N4O3S/c1-9-7-10(3-4-11(9)15-20(2,18)19)14-12(17)16-6-5-13-8-16/h3-8,15H,1-2H3,(H,14,17). The third-order valence-electron chi connectivity index (χ3n) is 2.51. The van der Waals surface area contributed by atoms with Crippen molar-refractivity contribution in [3.63, 3.8) is 0 Å². The highest BCUT2D eigenvalue weighted by Gasteiger charge is 2.08. The predicted octanol–water partition coefficient (Wildman–Crippen LogP) is 1.64. The van der Waals surface area contributed by atoms with Gasteiger partial charge in [0.25, 0.3) is 0 Å². The Labute approximate surface area is 116 Å². The van der Waals surface area contributed by atoms with E-state index in [1.54, 1.807) is 25.1 Å². The van der Waals surface area contributed by atoms with Gasteiger partial charge < -0.3 is 5.32 Å². The predicted molar refractivity (Wildman–Crippen MR) is 76.3 cm³/mol. The molecule has 1 aromatic heterocycles. The number of aryl methyl sites for hydroxylation is 1. The van der Waals surface area contributed by atoms with E-state index >= 15 is 0 Å². The molecule has 1 heterocycles. The van der Waals surface area contributed by atoms with Gasteiger partial charge in [-0.25, -0.2) is 18.2 Å². The molecule has 0 fully saturated rings. The molecule has 0 atom stereocenters. The molecule has 0 saturated carbocycles. The molecular weight excluding hydrogens is 280 g/mol. The number of nitrogens with zero attached hydrogens (tertiary/aromatic N) is 2. The molecule has 0 bridgehead atoms. The van der Waals surface area contributed by atoms with E-state index < -0.39 is 10.0 Å². The number of sulfonamides is 1. The zero-order valence-electron chi connectivity index (χ0n) is 11.0. The normalized spacial score (nSPS) is 11.1. The number of carbonyl (C=O) groups is 1. The van der Waals surface area contributed by atoms with Crippen molar-refractivity contribution < 1.29 is 13.2 Å². The van der Waals surface area contributed by atoms with Crippen molar-refractivity contribution in [2.75, 3.05) is 16.3 Å². The van der Waals surface area contributed by atoms with Crippen LogP contribution in [0.4, 0.5) is 16.2 Å². The number of carbonyl (C=O) groups excluding carboxylic acids is 1. The van der Waals surface area contributed by atoms with Crippen LogP contribution in [0.15, 0.2) is 36.9 Å². The van der Waals surface area contributed by atoms with E-state index in [2.05, 4.69) is 15.0 Å². The van der Waals surface area contributed by atoms with Gasteiger partial charge in [0.05, 0.1) is 11.9 Å². The van der Waals surface area contributed by atoms with E-state index in [1.807, 2.05) is 0 Å². The molecular formula is C12H14N4O3S. The van der Waals surface area contributed by atoms with E-state index in [1.165, 1.54) is 23.3 Å². The highest BCUT2D eigenvalue weighted by molar-refractivity contribution is 7.92. The Kier molecular flexibility index (Phi) is 3.75. The van der Waals surface area contributed by atoms with Crippen LogP contribution in [0.3, 0.4) is 0 Å².